The third kappa shape index (κ3) is 3.59. The number of hydrogen-bond acceptors (Lipinski definition) is 2. The monoisotopic (exact) mass is 646 g/mol. The molecule has 51 heavy (non-hydrogen) atoms. The Morgan fingerprint density at radius 3 is 1.41 bits per heavy atom. The summed E-state index contributed by atoms with van der Waals surface area (Å²) in [5.41, 5.74) is 17.3. The zero-order valence-electron chi connectivity index (χ0n) is 27.5. The standard InChI is InChI=1S/C46H27BN4/c1-3-10-28(11-4-1)30-18-20-39-35(24-30)33-14-7-16-37-44(33)50(39)41-26-32(46-48-22-9-23-49-46)27-42-43(41)47(37)38-17-8-15-34-36-25-31(29-12-5-2-6-13-29)19-21-40(36)51(42)45(34)38/h1-27H. The molecular weight excluding hydrogens is 619 g/mol. The largest absolute Gasteiger partial charge is 0.310 e. The third-order valence-electron chi connectivity index (χ3n) is 11.2. The van der Waals surface area contributed by atoms with Gasteiger partial charge in [0.05, 0.1) is 11.0 Å². The first-order chi connectivity index (χ1) is 25.3. The minimum Gasteiger partial charge on any atom is -0.310 e. The zero-order valence-corrected chi connectivity index (χ0v) is 27.5. The maximum atomic E-state index is 4.76. The smallest absolute Gasteiger partial charge is 0.252 e. The van der Waals surface area contributed by atoms with Gasteiger partial charge < -0.3 is 9.13 Å². The van der Waals surface area contributed by atoms with E-state index in [2.05, 4.69) is 155 Å². The molecule has 0 saturated carbocycles. The lowest BCUT2D eigenvalue weighted by molar-refractivity contribution is 1.13. The average Bonchev–Trinajstić information content (AvgIpc) is 3.72. The van der Waals surface area contributed by atoms with Gasteiger partial charge in [-0.1, -0.05) is 109 Å². The summed E-state index contributed by atoms with van der Waals surface area (Å²) in [6.07, 6.45) is 3.67. The lowest BCUT2D eigenvalue weighted by atomic mass is 9.34. The van der Waals surface area contributed by atoms with Crippen LogP contribution in [0.5, 0.6) is 0 Å². The lowest BCUT2D eigenvalue weighted by Gasteiger charge is -2.34. The molecule has 2 aliphatic heterocycles. The van der Waals surface area contributed by atoms with Crippen LogP contribution in [0, 0.1) is 0 Å². The van der Waals surface area contributed by atoms with Crippen molar-refractivity contribution in [3.63, 3.8) is 0 Å². The van der Waals surface area contributed by atoms with E-state index < -0.39 is 0 Å². The number of hydrogen-bond donors (Lipinski definition) is 0. The maximum Gasteiger partial charge on any atom is 0.252 e. The molecule has 2 aliphatic rings. The van der Waals surface area contributed by atoms with Crippen molar-refractivity contribution >= 4 is 66.7 Å². The van der Waals surface area contributed by atoms with Crippen LogP contribution in [0.15, 0.2) is 164 Å². The Morgan fingerprint density at radius 1 is 0.392 bits per heavy atom. The first-order valence-corrected chi connectivity index (χ1v) is 17.5. The summed E-state index contributed by atoms with van der Waals surface area (Å²) in [5.74, 6) is 0.726. The summed E-state index contributed by atoms with van der Waals surface area (Å²) in [4.78, 5) is 9.52. The summed E-state index contributed by atoms with van der Waals surface area (Å²) in [6.45, 7) is 0.0731. The molecule has 0 saturated heterocycles. The van der Waals surface area contributed by atoms with Gasteiger partial charge in [0.25, 0.3) is 6.71 Å². The minimum absolute atomic E-state index is 0.0731. The molecule has 0 fully saturated rings. The van der Waals surface area contributed by atoms with E-state index in [1.165, 1.54) is 93.6 Å². The van der Waals surface area contributed by atoms with Gasteiger partial charge in [-0.3, -0.25) is 0 Å². The fourth-order valence-corrected chi connectivity index (χ4v) is 9.12. The molecule has 0 bridgehead atoms. The van der Waals surface area contributed by atoms with Crippen molar-refractivity contribution in [1.82, 2.24) is 19.1 Å². The molecule has 0 aliphatic carbocycles. The molecule has 5 heterocycles. The van der Waals surface area contributed by atoms with E-state index in [-0.39, 0.29) is 6.71 Å². The topological polar surface area (TPSA) is 35.6 Å². The van der Waals surface area contributed by atoms with Gasteiger partial charge in [-0.05, 0) is 81.1 Å². The van der Waals surface area contributed by atoms with Gasteiger partial charge in [0.15, 0.2) is 5.82 Å². The van der Waals surface area contributed by atoms with Gasteiger partial charge in [-0.2, -0.15) is 0 Å². The number of nitrogens with zero attached hydrogens (tertiary/aromatic N) is 4. The van der Waals surface area contributed by atoms with E-state index in [0.717, 1.165) is 11.4 Å². The molecule has 3 aromatic heterocycles. The predicted octanol–water partition coefficient (Wildman–Crippen LogP) is 8.81. The Labute approximate surface area is 294 Å². The molecule has 7 aromatic carbocycles. The van der Waals surface area contributed by atoms with Crippen LogP contribution in [0.25, 0.3) is 88.6 Å². The number of para-hydroxylation sites is 2. The Morgan fingerprint density at radius 2 is 0.902 bits per heavy atom. The van der Waals surface area contributed by atoms with Crippen LogP contribution in [-0.2, 0) is 0 Å². The Kier molecular flexibility index (Phi) is 5.29. The van der Waals surface area contributed by atoms with Crippen molar-refractivity contribution in [1.29, 1.82) is 0 Å². The molecule has 0 N–H and O–H groups in total. The fraction of sp³-hybridized carbons (Fsp3) is 0. The first-order valence-electron chi connectivity index (χ1n) is 17.5. The Balaban J connectivity index is 1.23. The van der Waals surface area contributed by atoms with Crippen LogP contribution in [0.4, 0.5) is 0 Å². The molecule has 0 radical (unpaired) electrons. The molecule has 234 valence electrons. The first kappa shape index (κ1) is 27.1. The Hall–Kier alpha value is -6.72. The van der Waals surface area contributed by atoms with E-state index in [1.807, 2.05) is 18.5 Å². The van der Waals surface area contributed by atoms with E-state index in [4.69, 9.17) is 9.97 Å². The van der Waals surface area contributed by atoms with Gasteiger partial charge >= 0.3 is 0 Å². The van der Waals surface area contributed by atoms with E-state index in [9.17, 15) is 0 Å². The van der Waals surface area contributed by atoms with Crippen molar-refractivity contribution in [2.75, 3.05) is 0 Å². The summed E-state index contributed by atoms with van der Waals surface area (Å²) in [7, 11) is 0. The molecule has 0 amide bonds. The lowest BCUT2D eigenvalue weighted by Crippen LogP contribution is -2.59. The van der Waals surface area contributed by atoms with Gasteiger partial charge in [-0.25, -0.2) is 9.97 Å². The molecule has 12 rings (SSSR count). The van der Waals surface area contributed by atoms with Gasteiger partial charge in [0, 0.05) is 61.9 Å². The number of aromatic nitrogens is 4. The van der Waals surface area contributed by atoms with Crippen LogP contribution in [0.1, 0.15) is 0 Å². The van der Waals surface area contributed by atoms with E-state index >= 15 is 0 Å². The highest BCUT2D eigenvalue weighted by molar-refractivity contribution is 7.00. The second kappa shape index (κ2) is 9.93. The summed E-state index contributed by atoms with van der Waals surface area (Å²) >= 11 is 0. The minimum atomic E-state index is 0.0731. The van der Waals surface area contributed by atoms with Crippen molar-refractivity contribution in [2.24, 2.45) is 0 Å². The van der Waals surface area contributed by atoms with Crippen LogP contribution in [0.2, 0.25) is 0 Å². The van der Waals surface area contributed by atoms with Gasteiger partial charge in [-0.15, -0.1) is 0 Å². The third-order valence-corrected chi connectivity index (χ3v) is 11.2. The SMILES string of the molecule is c1ccc(-c2ccc3c(c2)c2cccc4c2n3-c2cc(-c3ncccn3)cc3c2B4c2cccc4c5cc(-c6ccccc6)ccc5n-3c24)cc1. The van der Waals surface area contributed by atoms with E-state index in [1.54, 1.807) is 0 Å². The second-order valence-corrected chi connectivity index (χ2v) is 13.8. The van der Waals surface area contributed by atoms with Gasteiger partial charge in [0.2, 0.25) is 0 Å². The molecule has 0 spiro atoms. The van der Waals surface area contributed by atoms with Crippen molar-refractivity contribution in [3.8, 4) is 45.0 Å². The Bertz CT molecular complexity index is 2880. The average molecular weight is 647 g/mol. The highest BCUT2D eigenvalue weighted by atomic mass is 15.0. The van der Waals surface area contributed by atoms with Crippen molar-refractivity contribution in [2.45, 2.75) is 0 Å². The van der Waals surface area contributed by atoms with E-state index in [0.29, 0.717) is 0 Å². The number of benzene rings is 7. The van der Waals surface area contributed by atoms with Gasteiger partial charge in [0.1, 0.15) is 0 Å². The predicted molar refractivity (Wildman–Crippen MR) is 212 cm³/mol. The highest BCUT2D eigenvalue weighted by Gasteiger charge is 2.41. The number of rotatable bonds is 3. The van der Waals surface area contributed by atoms with Crippen molar-refractivity contribution < 1.29 is 0 Å². The number of fused-ring (bicyclic) bond motifs is 10. The molecule has 0 atom stereocenters. The molecule has 0 unspecified atom stereocenters. The quantitative estimate of drug-likeness (QED) is 0.180. The summed E-state index contributed by atoms with van der Waals surface area (Å²) < 4.78 is 5.03. The normalized spacial score (nSPS) is 12.7. The fourth-order valence-electron chi connectivity index (χ4n) is 9.12. The van der Waals surface area contributed by atoms with Crippen LogP contribution in [0.3, 0.4) is 0 Å². The highest BCUT2D eigenvalue weighted by Crippen LogP contribution is 2.41. The van der Waals surface area contributed by atoms with Crippen LogP contribution < -0.4 is 16.4 Å². The van der Waals surface area contributed by atoms with Crippen LogP contribution in [-0.4, -0.2) is 25.8 Å². The summed E-state index contributed by atoms with van der Waals surface area (Å²) in [5, 5.41) is 5.08. The molecular formula is C46H27BN4. The summed E-state index contributed by atoms with van der Waals surface area (Å²) in [6, 6.07) is 55.6. The maximum absolute atomic E-state index is 4.76. The molecule has 5 heteroatoms. The zero-order chi connectivity index (χ0) is 33.2. The van der Waals surface area contributed by atoms with Crippen molar-refractivity contribution in [3.05, 3.63) is 164 Å². The van der Waals surface area contributed by atoms with Crippen LogP contribution >= 0.6 is 0 Å². The molecule has 10 aromatic rings. The second-order valence-electron chi connectivity index (χ2n) is 13.8. The molecule has 4 nitrogen and oxygen atoms in total.